The fourth-order valence-electron chi connectivity index (χ4n) is 2.19. The highest BCUT2D eigenvalue weighted by atomic mass is 32.2. The van der Waals surface area contributed by atoms with Gasteiger partial charge in [-0.1, -0.05) is 6.92 Å². The number of H-pyrrole nitrogens is 1. The Kier molecular flexibility index (Phi) is 3.41. The van der Waals surface area contributed by atoms with Crippen molar-refractivity contribution in [1.29, 1.82) is 5.26 Å². The maximum atomic E-state index is 12.1. The first kappa shape index (κ1) is 13.1. The van der Waals surface area contributed by atoms with Crippen LogP contribution in [0.25, 0.3) is 0 Å². The van der Waals surface area contributed by atoms with E-state index < -0.39 is 15.6 Å². The van der Waals surface area contributed by atoms with E-state index in [1.807, 2.05) is 0 Å². The molecular weight excluding hydrogens is 252 g/mol. The van der Waals surface area contributed by atoms with Crippen molar-refractivity contribution in [3.05, 3.63) is 12.4 Å². The van der Waals surface area contributed by atoms with E-state index in [-0.39, 0.29) is 4.90 Å². The molecule has 0 aromatic carbocycles. The maximum absolute atomic E-state index is 12.1. The van der Waals surface area contributed by atoms with Crippen LogP contribution in [-0.4, -0.2) is 24.2 Å². The minimum absolute atomic E-state index is 0.0655. The molecule has 0 radical (unpaired) electrons. The summed E-state index contributed by atoms with van der Waals surface area (Å²) < 4.78 is 26.7. The second kappa shape index (κ2) is 4.71. The van der Waals surface area contributed by atoms with Crippen molar-refractivity contribution in [3.63, 3.8) is 0 Å². The average molecular weight is 268 g/mol. The molecule has 1 aliphatic rings. The lowest BCUT2D eigenvalue weighted by Crippen LogP contribution is -2.49. The highest BCUT2D eigenvalue weighted by Gasteiger charge is 2.38. The average Bonchev–Trinajstić information content (AvgIpc) is 2.87. The summed E-state index contributed by atoms with van der Waals surface area (Å²) in [7, 11) is -3.67. The van der Waals surface area contributed by atoms with Crippen LogP contribution >= 0.6 is 0 Å². The molecule has 18 heavy (non-hydrogen) atoms. The number of nitriles is 1. The van der Waals surface area contributed by atoms with Crippen LogP contribution in [0.3, 0.4) is 0 Å². The predicted octanol–water partition coefficient (Wildman–Crippen LogP) is 1.16. The molecule has 0 saturated heterocycles. The Bertz CT molecular complexity index is 536. The zero-order valence-electron chi connectivity index (χ0n) is 10.2. The van der Waals surface area contributed by atoms with Gasteiger partial charge in [-0.15, -0.1) is 0 Å². The maximum Gasteiger partial charge on any atom is 0.245 e. The number of nitrogens with one attached hydrogen (secondary N) is 2. The first-order chi connectivity index (χ1) is 8.47. The van der Waals surface area contributed by atoms with Gasteiger partial charge in [-0.05, 0) is 31.6 Å². The second-order valence-corrected chi connectivity index (χ2v) is 6.60. The summed E-state index contributed by atoms with van der Waals surface area (Å²) in [5, 5.41) is 15.4. The molecular formula is C11H16N4O2S. The Balaban J connectivity index is 2.20. The van der Waals surface area contributed by atoms with E-state index in [1.54, 1.807) is 0 Å². The topological polar surface area (TPSA) is 98.6 Å². The van der Waals surface area contributed by atoms with Crippen molar-refractivity contribution in [3.8, 4) is 6.07 Å². The van der Waals surface area contributed by atoms with Crippen molar-refractivity contribution in [2.45, 2.75) is 43.0 Å². The number of nitrogens with zero attached hydrogens (tertiary/aromatic N) is 2. The van der Waals surface area contributed by atoms with E-state index in [2.05, 4.69) is 27.9 Å². The second-order valence-electron chi connectivity index (χ2n) is 4.92. The third kappa shape index (κ3) is 2.54. The summed E-state index contributed by atoms with van der Waals surface area (Å²) in [5.41, 5.74) is -0.970. The number of rotatable bonds is 3. The quantitative estimate of drug-likeness (QED) is 0.859. The molecule has 2 N–H and O–H groups in total. The minimum Gasteiger partial charge on any atom is -0.284 e. The molecule has 1 aliphatic carbocycles. The Morgan fingerprint density at radius 2 is 2.22 bits per heavy atom. The van der Waals surface area contributed by atoms with Gasteiger partial charge in [0.2, 0.25) is 10.0 Å². The molecule has 98 valence electrons. The molecule has 7 heteroatoms. The van der Waals surface area contributed by atoms with Gasteiger partial charge in [0.15, 0.2) is 0 Å². The van der Waals surface area contributed by atoms with Gasteiger partial charge in [0.05, 0.1) is 12.3 Å². The predicted molar refractivity (Wildman–Crippen MR) is 64.9 cm³/mol. The van der Waals surface area contributed by atoms with Crippen LogP contribution in [0.1, 0.15) is 32.6 Å². The van der Waals surface area contributed by atoms with Crippen LogP contribution in [0.4, 0.5) is 0 Å². The van der Waals surface area contributed by atoms with Crippen LogP contribution in [0, 0.1) is 17.2 Å². The summed E-state index contributed by atoms with van der Waals surface area (Å²) in [5.74, 6) is 0.546. The highest BCUT2D eigenvalue weighted by Crippen LogP contribution is 2.32. The van der Waals surface area contributed by atoms with Gasteiger partial charge in [0.1, 0.15) is 10.4 Å². The van der Waals surface area contributed by atoms with Crippen LogP contribution in [-0.2, 0) is 10.0 Å². The van der Waals surface area contributed by atoms with E-state index in [4.69, 9.17) is 0 Å². The number of hydrogen-bond donors (Lipinski definition) is 2. The van der Waals surface area contributed by atoms with E-state index in [9.17, 15) is 13.7 Å². The first-order valence-electron chi connectivity index (χ1n) is 5.91. The summed E-state index contributed by atoms with van der Waals surface area (Å²) in [4.78, 5) is 0.0655. The van der Waals surface area contributed by atoms with Gasteiger partial charge < -0.3 is 0 Å². The SMILES string of the molecule is CC1CCC(C#N)(NS(=O)(=O)c2cn[nH]c2)CC1. The summed E-state index contributed by atoms with van der Waals surface area (Å²) >= 11 is 0. The van der Waals surface area contributed by atoms with Gasteiger partial charge in [0, 0.05) is 6.20 Å². The summed E-state index contributed by atoms with van der Waals surface area (Å²) in [6.45, 7) is 2.12. The lowest BCUT2D eigenvalue weighted by molar-refractivity contribution is 0.278. The smallest absolute Gasteiger partial charge is 0.245 e. The molecule has 2 rings (SSSR count). The molecule has 0 spiro atoms. The van der Waals surface area contributed by atoms with E-state index in [0.29, 0.717) is 18.8 Å². The van der Waals surface area contributed by atoms with Gasteiger partial charge in [-0.2, -0.15) is 15.1 Å². The third-order valence-corrected chi connectivity index (χ3v) is 4.96. The van der Waals surface area contributed by atoms with Gasteiger partial charge in [-0.25, -0.2) is 8.42 Å². The molecule has 1 fully saturated rings. The molecule has 0 aliphatic heterocycles. The molecule has 0 bridgehead atoms. The Hall–Kier alpha value is -1.39. The molecule has 6 nitrogen and oxygen atoms in total. The lowest BCUT2D eigenvalue weighted by atomic mass is 9.79. The Labute approximate surface area is 106 Å². The van der Waals surface area contributed by atoms with E-state index in [1.165, 1.54) is 12.4 Å². The van der Waals surface area contributed by atoms with Gasteiger partial charge in [0.25, 0.3) is 0 Å². The van der Waals surface area contributed by atoms with E-state index in [0.717, 1.165) is 12.8 Å². The zero-order chi connectivity index (χ0) is 13.2. The standard InChI is InChI=1S/C11H16N4O2S/c1-9-2-4-11(8-12,5-3-9)15-18(16,17)10-6-13-14-7-10/h6-7,9,15H,2-5H2,1H3,(H,13,14). The van der Waals surface area contributed by atoms with Crippen LogP contribution < -0.4 is 4.72 Å². The van der Waals surface area contributed by atoms with Crippen LogP contribution in [0.5, 0.6) is 0 Å². The van der Waals surface area contributed by atoms with Crippen molar-refractivity contribution in [1.82, 2.24) is 14.9 Å². The molecule has 1 aromatic rings. The minimum atomic E-state index is -3.67. The largest absolute Gasteiger partial charge is 0.284 e. The monoisotopic (exact) mass is 268 g/mol. The van der Waals surface area contributed by atoms with Gasteiger partial charge >= 0.3 is 0 Å². The number of sulfonamides is 1. The fraction of sp³-hybridized carbons (Fsp3) is 0.636. The van der Waals surface area contributed by atoms with E-state index >= 15 is 0 Å². The molecule has 0 amide bonds. The van der Waals surface area contributed by atoms with Gasteiger partial charge in [-0.3, -0.25) is 5.10 Å². The molecule has 0 unspecified atom stereocenters. The normalized spacial score (nSPS) is 28.8. The molecule has 0 atom stereocenters. The van der Waals surface area contributed by atoms with Crippen molar-refractivity contribution in [2.24, 2.45) is 5.92 Å². The first-order valence-corrected chi connectivity index (χ1v) is 7.40. The number of aromatic amines is 1. The Morgan fingerprint density at radius 3 is 2.72 bits per heavy atom. The van der Waals surface area contributed by atoms with Crippen molar-refractivity contribution >= 4 is 10.0 Å². The molecule has 1 aromatic heterocycles. The van der Waals surface area contributed by atoms with Crippen LogP contribution in [0.2, 0.25) is 0 Å². The van der Waals surface area contributed by atoms with Crippen molar-refractivity contribution < 1.29 is 8.42 Å². The lowest BCUT2D eigenvalue weighted by Gasteiger charge is -2.33. The Morgan fingerprint density at radius 1 is 1.56 bits per heavy atom. The fourth-order valence-corrected chi connectivity index (χ4v) is 3.48. The van der Waals surface area contributed by atoms with Crippen LogP contribution in [0.15, 0.2) is 17.3 Å². The summed E-state index contributed by atoms with van der Waals surface area (Å²) in [6, 6.07) is 2.14. The number of hydrogen-bond acceptors (Lipinski definition) is 4. The highest BCUT2D eigenvalue weighted by molar-refractivity contribution is 7.89. The molecule has 1 heterocycles. The summed E-state index contributed by atoms with van der Waals surface area (Å²) in [6.07, 6.45) is 5.38. The zero-order valence-corrected chi connectivity index (χ0v) is 11.0. The third-order valence-electron chi connectivity index (χ3n) is 3.46. The number of aromatic nitrogens is 2. The molecule has 1 saturated carbocycles. The van der Waals surface area contributed by atoms with Crippen molar-refractivity contribution in [2.75, 3.05) is 0 Å².